The van der Waals surface area contributed by atoms with Crippen LogP contribution in [0.3, 0.4) is 0 Å². The zero-order valence-electron chi connectivity index (χ0n) is 22.8. The topological polar surface area (TPSA) is 105 Å². The lowest BCUT2D eigenvalue weighted by molar-refractivity contribution is -0.118. The maximum absolute atomic E-state index is 12.8. The number of nitrogens with zero attached hydrogens (tertiary/aromatic N) is 2. The van der Waals surface area contributed by atoms with Crippen molar-refractivity contribution in [1.82, 2.24) is 10.4 Å². The van der Waals surface area contributed by atoms with Crippen LogP contribution in [0.5, 0.6) is 5.75 Å². The van der Waals surface area contributed by atoms with E-state index < -0.39 is 0 Å². The number of amides is 2. The first-order chi connectivity index (χ1) is 20.8. The number of carbonyl (C=O) groups excluding carboxylic acids is 2. The molecule has 8 nitrogen and oxygen atoms in total. The number of halogens is 2. The van der Waals surface area contributed by atoms with Crippen LogP contribution < -0.4 is 20.8 Å². The number of ether oxygens (including phenoxy) is 1. The van der Waals surface area contributed by atoms with E-state index in [-0.39, 0.29) is 18.4 Å². The number of nitrogens with one attached hydrogen (secondary N) is 3. The van der Waals surface area contributed by atoms with Crippen molar-refractivity contribution >= 4 is 77.7 Å². The fourth-order valence-electron chi connectivity index (χ4n) is 3.93. The molecule has 0 saturated carbocycles. The molecular formula is C32H25Br2N5O3S. The molecule has 216 valence electrons. The second-order valence-electron chi connectivity index (χ2n) is 9.31. The molecule has 0 saturated heterocycles. The number of hydrogen-bond acceptors (Lipinski definition) is 7. The normalized spacial score (nSPS) is 10.9. The first kappa shape index (κ1) is 30.1. The third-order valence-electron chi connectivity index (χ3n) is 6.06. The van der Waals surface area contributed by atoms with E-state index in [1.165, 1.54) is 23.1 Å². The minimum Gasteiger partial charge on any atom is -0.482 e. The van der Waals surface area contributed by atoms with Crippen molar-refractivity contribution in [1.29, 1.82) is 0 Å². The Morgan fingerprint density at radius 1 is 0.953 bits per heavy atom. The zero-order valence-corrected chi connectivity index (χ0v) is 26.8. The molecule has 0 atom stereocenters. The number of hydrazone groups is 1. The summed E-state index contributed by atoms with van der Waals surface area (Å²) in [6.45, 7) is 1.84. The molecule has 5 aromatic rings. The molecule has 3 N–H and O–H groups in total. The summed E-state index contributed by atoms with van der Waals surface area (Å²) in [4.78, 5) is 29.8. The smallest absolute Gasteiger partial charge is 0.271 e. The Balaban J connectivity index is 1.19. The number of rotatable bonds is 10. The van der Waals surface area contributed by atoms with E-state index in [0.717, 1.165) is 26.5 Å². The van der Waals surface area contributed by atoms with E-state index >= 15 is 0 Å². The van der Waals surface area contributed by atoms with Gasteiger partial charge in [0.05, 0.1) is 16.4 Å². The van der Waals surface area contributed by atoms with Gasteiger partial charge in [-0.2, -0.15) is 5.10 Å². The molecule has 0 spiro atoms. The number of benzene rings is 4. The maximum atomic E-state index is 12.8. The molecule has 0 aliphatic carbocycles. The van der Waals surface area contributed by atoms with Crippen molar-refractivity contribution in [2.75, 3.05) is 17.2 Å². The average molecular weight is 719 g/mol. The Hall–Kier alpha value is -4.32. The van der Waals surface area contributed by atoms with E-state index in [9.17, 15) is 9.59 Å². The van der Waals surface area contributed by atoms with Gasteiger partial charge in [0.15, 0.2) is 11.7 Å². The summed E-state index contributed by atoms with van der Waals surface area (Å²) in [5.74, 6) is -0.271. The fourth-order valence-corrected chi connectivity index (χ4v) is 6.04. The van der Waals surface area contributed by atoms with E-state index in [2.05, 4.69) is 58.0 Å². The van der Waals surface area contributed by atoms with E-state index in [1.807, 2.05) is 66.9 Å². The molecule has 0 radical (unpaired) electrons. The van der Waals surface area contributed by atoms with Gasteiger partial charge in [-0.1, -0.05) is 64.0 Å². The van der Waals surface area contributed by atoms with Gasteiger partial charge >= 0.3 is 0 Å². The summed E-state index contributed by atoms with van der Waals surface area (Å²) >= 11 is 8.44. The first-order valence-corrected chi connectivity index (χ1v) is 15.5. The van der Waals surface area contributed by atoms with Crippen LogP contribution in [0.2, 0.25) is 0 Å². The Morgan fingerprint density at radius 3 is 2.44 bits per heavy atom. The van der Waals surface area contributed by atoms with Crippen molar-refractivity contribution in [3.63, 3.8) is 0 Å². The van der Waals surface area contributed by atoms with Gasteiger partial charge in [0.25, 0.3) is 11.8 Å². The van der Waals surface area contributed by atoms with Crippen molar-refractivity contribution in [2.45, 2.75) is 6.92 Å². The lowest BCUT2D eigenvalue weighted by Crippen LogP contribution is -2.21. The average Bonchev–Trinajstić information content (AvgIpc) is 3.47. The van der Waals surface area contributed by atoms with Crippen molar-refractivity contribution < 1.29 is 14.3 Å². The Bertz CT molecular complexity index is 1760. The van der Waals surface area contributed by atoms with Crippen LogP contribution in [0, 0.1) is 6.92 Å². The summed E-state index contributed by atoms with van der Waals surface area (Å²) in [7, 11) is 0. The van der Waals surface area contributed by atoms with Gasteiger partial charge in [-0.25, -0.2) is 10.4 Å². The second-order valence-corrected chi connectivity index (χ2v) is 11.9. The van der Waals surface area contributed by atoms with Crippen LogP contribution in [0.1, 0.15) is 21.5 Å². The molecule has 0 aliphatic rings. The molecule has 43 heavy (non-hydrogen) atoms. The lowest BCUT2D eigenvalue weighted by atomic mass is 10.1. The van der Waals surface area contributed by atoms with Gasteiger partial charge in [-0.05, 0) is 71.4 Å². The predicted molar refractivity (Wildman–Crippen MR) is 179 cm³/mol. The van der Waals surface area contributed by atoms with Gasteiger partial charge in [0.2, 0.25) is 0 Å². The standard InChI is InChI=1S/C32H25Br2N5O3S/c1-20-7-13-26(14-8-20)37-32-38-28(19-43-32)21-9-11-22(12-10-21)31(41)39-35-17-23-15-24(33)16-27(34)30(23)42-18-29(40)36-25-5-3-2-4-6-25/h2-17,19H,18H2,1H3,(H,36,40)(H,37,38)(H,39,41)/b35-17+. The number of aryl methyl sites for hydroxylation is 1. The third kappa shape index (κ3) is 8.38. The van der Waals surface area contributed by atoms with E-state index in [4.69, 9.17) is 4.74 Å². The molecule has 4 aromatic carbocycles. The van der Waals surface area contributed by atoms with Crippen molar-refractivity contribution in [3.05, 3.63) is 122 Å². The molecule has 1 heterocycles. The summed E-state index contributed by atoms with van der Waals surface area (Å²) in [6, 6.07) is 28.0. The highest BCUT2D eigenvalue weighted by atomic mass is 79.9. The maximum Gasteiger partial charge on any atom is 0.271 e. The number of thiazole rings is 1. The van der Waals surface area contributed by atoms with Gasteiger partial charge in [0, 0.05) is 37.9 Å². The zero-order chi connectivity index (χ0) is 30.2. The minimum atomic E-state index is -0.374. The molecule has 0 bridgehead atoms. The summed E-state index contributed by atoms with van der Waals surface area (Å²) < 4.78 is 7.19. The van der Waals surface area contributed by atoms with Crippen LogP contribution in [0.25, 0.3) is 11.3 Å². The number of anilines is 3. The molecule has 0 aliphatic heterocycles. The molecule has 1 aromatic heterocycles. The van der Waals surface area contributed by atoms with Crippen LogP contribution in [0.15, 0.2) is 110 Å². The monoisotopic (exact) mass is 717 g/mol. The van der Waals surface area contributed by atoms with Crippen LogP contribution in [-0.4, -0.2) is 29.6 Å². The lowest BCUT2D eigenvalue weighted by Gasteiger charge is -2.12. The quantitative estimate of drug-likeness (QED) is 0.0999. The van der Waals surface area contributed by atoms with Gasteiger partial charge in [-0.15, -0.1) is 11.3 Å². The predicted octanol–water partition coefficient (Wildman–Crippen LogP) is 8.17. The highest BCUT2D eigenvalue weighted by Gasteiger charge is 2.13. The molecule has 0 unspecified atom stereocenters. The van der Waals surface area contributed by atoms with Crippen molar-refractivity contribution in [3.8, 4) is 17.0 Å². The SMILES string of the molecule is Cc1ccc(Nc2nc(-c3ccc(C(=O)N/N=C/c4cc(Br)cc(Br)c4OCC(=O)Nc4ccccc4)cc3)cs2)cc1. The Labute approximate surface area is 269 Å². The van der Waals surface area contributed by atoms with Gasteiger partial charge in [-0.3, -0.25) is 9.59 Å². The number of aromatic nitrogens is 1. The van der Waals surface area contributed by atoms with Crippen LogP contribution >= 0.6 is 43.2 Å². The van der Waals surface area contributed by atoms with Crippen LogP contribution in [-0.2, 0) is 4.79 Å². The summed E-state index contributed by atoms with van der Waals surface area (Å²) in [6.07, 6.45) is 1.46. The second kappa shape index (κ2) is 14.2. The largest absolute Gasteiger partial charge is 0.482 e. The van der Waals surface area contributed by atoms with Crippen LogP contribution in [0.4, 0.5) is 16.5 Å². The molecule has 11 heteroatoms. The number of para-hydroxylation sites is 1. The molecule has 0 fully saturated rings. The van der Waals surface area contributed by atoms with E-state index in [0.29, 0.717) is 27.0 Å². The summed E-state index contributed by atoms with van der Waals surface area (Å²) in [5.41, 5.74) is 8.10. The molecular weight excluding hydrogens is 694 g/mol. The Morgan fingerprint density at radius 2 is 1.70 bits per heavy atom. The third-order valence-corrected chi connectivity index (χ3v) is 7.87. The minimum absolute atomic E-state index is 0.211. The highest BCUT2D eigenvalue weighted by molar-refractivity contribution is 9.11. The fraction of sp³-hybridized carbons (Fsp3) is 0.0625. The summed E-state index contributed by atoms with van der Waals surface area (Å²) in [5, 5.41) is 13.0. The van der Waals surface area contributed by atoms with Crippen molar-refractivity contribution in [2.24, 2.45) is 5.10 Å². The van der Waals surface area contributed by atoms with E-state index in [1.54, 1.807) is 36.4 Å². The first-order valence-electron chi connectivity index (χ1n) is 13.0. The molecule has 5 rings (SSSR count). The van der Waals surface area contributed by atoms with Gasteiger partial charge in [0.1, 0.15) is 5.75 Å². The number of carbonyl (C=O) groups is 2. The molecule has 2 amide bonds. The number of hydrogen-bond donors (Lipinski definition) is 3. The highest BCUT2D eigenvalue weighted by Crippen LogP contribution is 2.32. The van der Waals surface area contributed by atoms with Gasteiger partial charge < -0.3 is 15.4 Å². The Kier molecular flexibility index (Phi) is 9.98.